The number of terminal acetylenes is 1. The molecule has 2 fully saturated rings. The summed E-state index contributed by atoms with van der Waals surface area (Å²) in [6, 6.07) is 0. The molecule has 66 heavy (non-hydrogen) atoms. The monoisotopic (exact) mass is 1050 g/mol. The zero-order valence-electron chi connectivity index (χ0n) is 44.4. The van der Waals surface area contributed by atoms with Crippen molar-refractivity contribution in [2.24, 2.45) is 0 Å². The number of ether oxygens (including phenoxy) is 3. The van der Waals surface area contributed by atoms with Crippen molar-refractivity contribution < 1.29 is 44.8 Å². The third-order valence-electron chi connectivity index (χ3n) is 12.0. The lowest BCUT2D eigenvalue weighted by Crippen LogP contribution is -2.25. The van der Waals surface area contributed by atoms with Gasteiger partial charge >= 0.3 is 0 Å². The largest absolute Gasteiger partial charge is 0.392 e. The van der Waals surface area contributed by atoms with E-state index in [4.69, 9.17) is 25.7 Å². The summed E-state index contributed by atoms with van der Waals surface area (Å²) in [7, 11) is 0. The highest BCUT2D eigenvalue weighted by Gasteiger charge is 2.40. The molecule has 2 rings (SSSR count). The molecule has 396 valence electrons. The summed E-state index contributed by atoms with van der Waals surface area (Å²) >= 11 is 2.39. The Hall–Kier alpha value is -0.330. The van der Waals surface area contributed by atoms with Crippen molar-refractivity contribution in [2.75, 3.05) is 17.6 Å². The van der Waals surface area contributed by atoms with Crippen LogP contribution >= 0.6 is 22.6 Å². The van der Waals surface area contributed by atoms with Crippen molar-refractivity contribution in [1.82, 2.24) is 0 Å². The molecular weight excluding hydrogens is 944 g/mol. The topological polar surface area (TPSA) is 152 Å². The van der Waals surface area contributed by atoms with Gasteiger partial charge in [-0.05, 0) is 58.8 Å². The summed E-state index contributed by atoms with van der Waals surface area (Å²) < 4.78 is 17.8. The number of alkyl halides is 1. The average Bonchev–Trinajstić information content (AvgIpc) is 4.12. The van der Waals surface area contributed by atoms with Gasteiger partial charge < -0.3 is 44.8 Å². The van der Waals surface area contributed by atoms with Crippen LogP contribution in [0.1, 0.15) is 261 Å². The molecule has 0 aromatic carbocycles. The zero-order valence-corrected chi connectivity index (χ0v) is 46.5. The Kier molecular flexibility index (Phi) is 55.6. The van der Waals surface area contributed by atoms with E-state index in [-0.39, 0.29) is 31.0 Å². The van der Waals surface area contributed by atoms with Crippen molar-refractivity contribution in [3.63, 3.8) is 0 Å². The molecule has 9 nitrogen and oxygen atoms in total. The first-order valence-electron chi connectivity index (χ1n) is 27.4. The summed E-state index contributed by atoms with van der Waals surface area (Å²) in [5.41, 5.74) is 0. The molecular formula is C56H111IO9. The minimum absolute atomic E-state index is 0.177. The standard InChI is InChI=1S/C13H25IO2.C12H22O2.C11H24O2.C10H20O2.C10H20O/c1-4-5-6-7-8-9-11-12(10-14)16-13(2,3)15-11;1-3-5-6-7-8-10-12(14)11(13)9-4-2;1-3-5-6-7-8-9-11(13)10(12)4-2;1-2-3-4-5-6-7-9(11)10-8-12-10;1-2-3-4-5-6-7-8-9-10-11/h11-12H,4-10H2,1-3H3;2,11-14H,3,5-10H2,1H3;10-13H,3-9H2,1-2H3;9-11H,2-8H2,1H3;8-9,11H,2-7,10H2,1H3/b;;;;9-8+/t2*11-,12-;10-,11-;9-,10+;/m1111./s1. The second-order valence-corrected chi connectivity index (χ2v) is 19.9. The molecule has 8 atom stereocenters. The fourth-order valence-electron chi connectivity index (χ4n) is 7.54. The van der Waals surface area contributed by atoms with Crippen molar-refractivity contribution in [3.05, 3.63) is 12.2 Å². The van der Waals surface area contributed by atoms with Gasteiger partial charge in [-0.1, -0.05) is 230 Å². The molecule has 2 aliphatic heterocycles. The van der Waals surface area contributed by atoms with Crippen LogP contribution in [0.5, 0.6) is 0 Å². The maximum absolute atomic E-state index is 9.46. The van der Waals surface area contributed by atoms with Crippen molar-refractivity contribution in [3.8, 4) is 12.3 Å². The normalized spacial score (nSPS) is 19.3. The first-order valence-corrected chi connectivity index (χ1v) is 28.9. The summed E-state index contributed by atoms with van der Waals surface area (Å²) in [4.78, 5) is 0. The fraction of sp³-hybridized carbons (Fsp3) is 0.929. The second kappa shape index (κ2) is 52.5. The summed E-state index contributed by atoms with van der Waals surface area (Å²) in [6.07, 6.45) is 44.1. The molecule has 2 saturated heterocycles. The van der Waals surface area contributed by atoms with E-state index >= 15 is 0 Å². The Labute approximate surface area is 423 Å². The number of rotatable bonds is 37. The molecule has 0 aromatic heterocycles. The van der Waals surface area contributed by atoms with Gasteiger partial charge in [-0.3, -0.25) is 0 Å². The maximum atomic E-state index is 9.46. The Morgan fingerprint density at radius 1 is 0.561 bits per heavy atom. The highest BCUT2D eigenvalue weighted by Crippen LogP contribution is 2.32. The molecule has 0 spiro atoms. The lowest BCUT2D eigenvalue weighted by Gasteiger charge is -2.16. The molecule has 0 aromatic rings. The molecule has 10 heteroatoms. The van der Waals surface area contributed by atoms with Gasteiger partial charge in [-0.2, -0.15) is 0 Å². The third-order valence-corrected chi connectivity index (χ3v) is 12.9. The highest BCUT2D eigenvalue weighted by atomic mass is 127. The van der Waals surface area contributed by atoms with Crippen molar-refractivity contribution in [2.45, 2.75) is 315 Å². The van der Waals surface area contributed by atoms with E-state index in [0.29, 0.717) is 25.0 Å². The van der Waals surface area contributed by atoms with E-state index in [1.807, 2.05) is 26.8 Å². The van der Waals surface area contributed by atoms with Gasteiger partial charge in [0.1, 0.15) is 6.10 Å². The Morgan fingerprint density at radius 3 is 1.38 bits per heavy atom. The molecule has 6 N–H and O–H groups in total. The molecule has 2 aliphatic rings. The maximum Gasteiger partial charge on any atom is 0.163 e. The van der Waals surface area contributed by atoms with Crippen LogP contribution in [0.25, 0.3) is 0 Å². The smallest absolute Gasteiger partial charge is 0.163 e. The van der Waals surface area contributed by atoms with Crippen LogP contribution in [0.2, 0.25) is 0 Å². The van der Waals surface area contributed by atoms with E-state index in [0.717, 1.165) is 62.4 Å². The van der Waals surface area contributed by atoms with Gasteiger partial charge in [0.05, 0.1) is 55.9 Å². The number of allylic oxidation sites excluding steroid dienone is 1. The van der Waals surface area contributed by atoms with E-state index in [1.165, 1.54) is 135 Å². The number of epoxide rings is 1. The van der Waals surface area contributed by atoms with Crippen LogP contribution in [0.4, 0.5) is 0 Å². The van der Waals surface area contributed by atoms with E-state index < -0.39 is 24.4 Å². The van der Waals surface area contributed by atoms with Crippen LogP contribution in [-0.2, 0) is 14.2 Å². The first kappa shape index (κ1) is 69.9. The van der Waals surface area contributed by atoms with E-state index in [1.54, 1.807) is 0 Å². The Morgan fingerprint density at radius 2 is 0.970 bits per heavy atom. The minimum Gasteiger partial charge on any atom is -0.392 e. The fourth-order valence-corrected chi connectivity index (χ4v) is 8.29. The minimum atomic E-state index is -0.744. The number of unbranched alkanes of at least 4 members (excludes halogenated alkanes) is 21. The Bertz CT molecular complexity index is 1020. The van der Waals surface area contributed by atoms with Gasteiger partial charge in [0.25, 0.3) is 0 Å². The SMILES string of the molecule is C#CC[C@@H](O)[C@H](O)CCCCCCC.CCCCCCC/C=C/CO.CCCCCCC[C@@H](O)[C@@H]1CO1.CCCCCCC[C@@H](O)[C@H](O)CC.CCCCCCC[C@H]1OC(C)(C)O[C@@H]1CI. The lowest BCUT2D eigenvalue weighted by molar-refractivity contribution is -0.144. The molecule has 0 bridgehead atoms. The quantitative estimate of drug-likeness (QED) is 0.00892. The van der Waals surface area contributed by atoms with E-state index in [9.17, 15) is 25.5 Å². The predicted octanol–water partition coefficient (Wildman–Crippen LogP) is 13.9. The number of hydrogen-bond acceptors (Lipinski definition) is 9. The van der Waals surface area contributed by atoms with Gasteiger partial charge in [-0.15, -0.1) is 12.3 Å². The first-order chi connectivity index (χ1) is 31.8. The van der Waals surface area contributed by atoms with Crippen LogP contribution in [0.3, 0.4) is 0 Å². The Balaban J connectivity index is -0.000000756. The van der Waals surface area contributed by atoms with E-state index in [2.05, 4.69) is 69.2 Å². The van der Waals surface area contributed by atoms with Gasteiger partial charge in [0.15, 0.2) is 5.79 Å². The predicted molar refractivity (Wildman–Crippen MR) is 289 cm³/mol. The number of aliphatic hydroxyl groups excluding tert-OH is 6. The zero-order chi connectivity index (χ0) is 50.1. The molecule has 0 saturated carbocycles. The average molecular weight is 1060 g/mol. The summed E-state index contributed by atoms with van der Waals surface area (Å²) in [5, 5.41) is 55.3. The van der Waals surface area contributed by atoms with Gasteiger partial charge in [0, 0.05) is 10.8 Å². The lowest BCUT2D eigenvalue weighted by atomic mass is 10.0. The number of hydrogen-bond donors (Lipinski definition) is 6. The number of aliphatic hydroxyl groups is 6. The number of halogens is 1. The van der Waals surface area contributed by atoms with Crippen LogP contribution in [0, 0.1) is 12.3 Å². The van der Waals surface area contributed by atoms with Crippen LogP contribution in [-0.4, -0.2) is 103 Å². The van der Waals surface area contributed by atoms with Gasteiger partial charge in [-0.25, -0.2) is 0 Å². The molecule has 2 heterocycles. The molecule has 0 unspecified atom stereocenters. The van der Waals surface area contributed by atoms with Crippen molar-refractivity contribution >= 4 is 22.6 Å². The van der Waals surface area contributed by atoms with Gasteiger partial charge in [0.2, 0.25) is 0 Å². The van der Waals surface area contributed by atoms with Crippen LogP contribution in [0.15, 0.2) is 12.2 Å². The molecule has 0 aliphatic carbocycles. The summed E-state index contributed by atoms with van der Waals surface area (Å²) in [6.45, 7) is 17.9. The highest BCUT2D eigenvalue weighted by molar-refractivity contribution is 14.1. The second-order valence-electron chi connectivity index (χ2n) is 19.1. The third kappa shape index (κ3) is 48.7. The molecule has 0 amide bonds. The molecule has 0 radical (unpaired) electrons. The summed E-state index contributed by atoms with van der Waals surface area (Å²) in [5.74, 6) is 1.98. The van der Waals surface area contributed by atoms with Crippen molar-refractivity contribution in [1.29, 1.82) is 0 Å². The van der Waals surface area contributed by atoms with Crippen LogP contribution < -0.4 is 0 Å².